The quantitative estimate of drug-likeness (QED) is 0.471. The first-order valence-corrected chi connectivity index (χ1v) is 4.80. The molecule has 0 fully saturated rings. The van der Waals surface area contributed by atoms with Gasteiger partial charge >= 0.3 is 5.97 Å². The van der Waals surface area contributed by atoms with E-state index in [2.05, 4.69) is 0 Å². The van der Waals surface area contributed by atoms with Gasteiger partial charge in [-0.05, 0) is 20.8 Å². The van der Waals surface area contributed by atoms with Crippen LogP contribution in [0.15, 0.2) is 6.07 Å². The van der Waals surface area contributed by atoms with Gasteiger partial charge in [0.05, 0.1) is 5.69 Å². The Kier molecular flexibility index (Phi) is 3.35. The average molecular weight is 247 g/mol. The largest absolute Gasteiger partial charge is 0.456 e. The second kappa shape index (κ2) is 4.27. The zero-order valence-corrected chi connectivity index (χ0v) is 9.61. The highest BCUT2D eigenvalue weighted by atomic mass is 19.2. The highest BCUT2D eigenvalue weighted by molar-refractivity contribution is 5.95. The van der Waals surface area contributed by atoms with E-state index in [1.54, 1.807) is 20.8 Å². The van der Waals surface area contributed by atoms with Crippen LogP contribution < -0.4 is 5.73 Å². The molecule has 0 atom stereocenters. The van der Waals surface area contributed by atoms with E-state index in [0.717, 1.165) is 0 Å². The number of nitrogens with two attached hydrogens (primary N) is 1. The fraction of sp³-hybridized carbons (Fsp3) is 0.364. The maximum Gasteiger partial charge on any atom is 0.343 e. The topological polar surface area (TPSA) is 52.3 Å². The Morgan fingerprint density at radius 1 is 1.24 bits per heavy atom. The summed E-state index contributed by atoms with van der Waals surface area (Å²) in [6.07, 6.45) is 0. The number of halogens is 3. The predicted molar refractivity (Wildman–Crippen MR) is 55.9 cm³/mol. The summed E-state index contributed by atoms with van der Waals surface area (Å²) in [4.78, 5) is 11.5. The molecule has 0 saturated carbocycles. The fourth-order valence-corrected chi connectivity index (χ4v) is 1.15. The molecule has 0 aromatic heterocycles. The molecule has 0 aliphatic rings. The number of rotatable bonds is 1. The molecular weight excluding hydrogens is 235 g/mol. The summed E-state index contributed by atoms with van der Waals surface area (Å²) in [5, 5.41) is 0. The van der Waals surface area contributed by atoms with Gasteiger partial charge in [-0.15, -0.1) is 0 Å². The maximum absolute atomic E-state index is 13.4. The zero-order valence-electron chi connectivity index (χ0n) is 9.61. The van der Waals surface area contributed by atoms with E-state index in [1.807, 2.05) is 0 Å². The molecule has 0 spiro atoms. The Morgan fingerprint density at radius 2 is 1.76 bits per heavy atom. The van der Waals surface area contributed by atoms with Gasteiger partial charge in [-0.1, -0.05) is 0 Å². The van der Waals surface area contributed by atoms with Crippen molar-refractivity contribution >= 4 is 11.7 Å². The molecule has 0 aliphatic carbocycles. The number of hydrogen-bond donors (Lipinski definition) is 1. The average Bonchev–Trinajstić information content (AvgIpc) is 2.11. The van der Waals surface area contributed by atoms with Gasteiger partial charge in [0, 0.05) is 6.07 Å². The molecule has 1 aromatic carbocycles. The normalized spacial score (nSPS) is 11.4. The first-order valence-electron chi connectivity index (χ1n) is 4.80. The van der Waals surface area contributed by atoms with Crippen LogP contribution in [0.5, 0.6) is 0 Å². The lowest BCUT2D eigenvalue weighted by molar-refractivity contribution is 0.00649. The van der Waals surface area contributed by atoms with Crippen LogP contribution in [0.3, 0.4) is 0 Å². The minimum atomic E-state index is -1.75. The van der Waals surface area contributed by atoms with Crippen molar-refractivity contribution in [3.8, 4) is 0 Å². The molecule has 0 heterocycles. The van der Waals surface area contributed by atoms with Crippen LogP contribution >= 0.6 is 0 Å². The van der Waals surface area contributed by atoms with Gasteiger partial charge in [-0.3, -0.25) is 0 Å². The van der Waals surface area contributed by atoms with Crippen molar-refractivity contribution in [2.45, 2.75) is 26.4 Å². The third kappa shape index (κ3) is 2.89. The molecule has 94 valence electrons. The lowest BCUT2D eigenvalue weighted by atomic mass is 10.1. The maximum atomic E-state index is 13.4. The Hall–Kier alpha value is -1.72. The van der Waals surface area contributed by atoms with E-state index < -0.39 is 40.3 Å². The molecule has 2 N–H and O–H groups in total. The monoisotopic (exact) mass is 247 g/mol. The number of benzene rings is 1. The molecule has 0 unspecified atom stereocenters. The molecule has 0 bridgehead atoms. The SMILES string of the molecule is CC(C)(C)OC(=O)c1c(N)cc(F)c(F)c1F. The van der Waals surface area contributed by atoms with Crippen molar-refractivity contribution < 1.29 is 22.7 Å². The second-order valence-corrected chi connectivity index (χ2v) is 4.45. The lowest BCUT2D eigenvalue weighted by Gasteiger charge is -2.20. The summed E-state index contributed by atoms with van der Waals surface area (Å²) in [7, 11) is 0. The van der Waals surface area contributed by atoms with E-state index in [1.165, 1.54) is 0 Å². The van der Waals surface area contributed by atoms with Crippen LogP contribution in [0.2, 0.25) is 0 Å². The molecular formula is C11H12F3NO2. The minimum Gasteiger partial charge on any atom is -0.456 e. The van der Waals surface area contributed by atoms with Crippen LogP contribution in [0, 0.1) is 17.5 Å². The van der Waals surface area contributed by atoms with Gasteiger partial charge in [0.25, 0.3) is 0 Å². The number of esters is 1. The first-order chi connectivity index (χ1) is 7.63. The van der Waals surface area contributed by atoms with Crippen molar-refractivity contribution in [3.05, 3.63) is 29.1 Å². The Morgan fingerprint density at radius 3 is 2.24 bits per heavy atom. The molecule has 1 rings (SSSR count). The van der Waals surface area contributed by atoms with Crippen molar-refractivity contribution in [3.63, 3.8) is 0 Å². The van der Waals surface area contributed by atoms with Crippen LogP contribution in [-0.2, 0) is 4.74 Å². The molecule has 3 nitrogen and oxygen atoms in total. The third-order valence-corrected chi connectivity index (χ3v) is 1.80. The number of carbonyl (C=O) groups is 1. The highest BCUT2D eigenvalue weighted by Gasteiger charge is 2.27. The van der Waals surface area contributed by atoms with Crippen molar-refractivity contribution in [2.75, 3.05) is 5.73 Å². The van der Waals surface area contributed by atoms with E-state index >= 15 is 0 Å². The van der Waals surface area contributed by atoms with Gasteiger partial charge < -0.3 is 10.5 Å². The number of hydrogen-bond acceptors (Lipinski definition) is 3. The molecule has 0 amide bonds. The van der Waals surface area contributed by atoms with Crippen molar-refractivity contribution in [1.29, 1.82) is 0 Å². The van der Waals surface area contributed by atoms with Crippen LogP contribution in [-0.4, -0.2) is 11.6 Å². The van der Waals surface area contributed by atoms with Crippen LogP contribution in [0.25, 0.3) is 0 Å². The number of ether oxygens (including phenoxy) is 1. The molecule has 6 heteroatoms. The molecule has 0 aliphatic heterocycles. The number of anilines is 1. The summed E-state index contributed by atoms with van der Waals surface area (Å²) in [5.74, 6) is -5.98. The third-order valence-electron chi connectivity index (χ3n) is 1.80. The lowest BCUT2D eigenvalue weighted by Crippen LogP contribution is -2.25. The summed E-state index contributed by atoms with van der Waals surface area (Å²) < 4.78 is 43.9. The van der Waals surface area contributed by atoms with Gasteiger partial charge in [0.15, 0.2) is 17.5 Å². The molecule has 0 radical (unpaired) electrons. The van der Waals surface area contributed by atoms with E-state index in [9.17, 15) is 18.0 Å². The van der Waals surface area contributed by atoms with Gasteiger partial charge in [0.2, 0.25) is 0 Å². The fourth-order valence-electron chi connectivity index (χ4n) is 1.15. The standard InChI is InChI=1S/C11H12F3NO2/c1-11(2,3)17-10(16)7-6(15)4-5(12)8(13)9(7)14/h4H,15H2,1-3H3. The molecule has 17 heavy (non-hydrogen) atoms. The van der Waals surface area contributed by atoms with Gasteiger partial charge in [-0.2, -0.15) is 0 Å². The Labute approximate surface area is 96.4 Å². The van der Waals surface area contributed by atoms with E-state index in [-0.39, 0.29) is 0 Å². The van der Waals surface area contributed by atoms with Crippen LogP contribution in [0.1, 0.15) is 31.1 Å². The smallest absolute Gasteiger partial charge is 0.343 e. The predicted octanol–water partition coefficient (Wildman–Crippen LogP) is 2.64. The van der Waals surface area contributed by atoms with Crippen molar-refractivity contribution in [2.24, 2.45) is 0 Å². The summed E-state index contributed by atoms with van der Waals surface area (Å²) in [6, 6.07) is 0.539. The Balaban J connectivity index is 3.24. The van der Waals surface area contributed by atoms with Gasteiger partial charge in [0.1, 0.15) is 11.2 Å². The number of nitrogen functional groups attached to an aromatic ring is 1. The molecule has 0 saturated heterocycles. The Bertz CT molecular complexity index is 467. The van der Waals surface area contributed by atoms with Crippen LogP contribution in [0.4, 0.5) is 18.9 Å². The first kappa shape index (κ1) is 13.3. The zero-order chi connectivity index (χ0) is 13.4. The van der Waals surface area contributed by atoms with E-state index in [4.69, 9.17) is 10.5 Å². The summed E-state index contributed by atoms with van der Waals surface area (Å²) in [6.45, 7) is 4.66. The summed E-state index contributed by atoms with van der Waals surface area (Å²) in [5.41, 5.74) is 3.08. The minimum absolute atomic E-state index is 0.504. The number of carbonyl (C=O) groups excluding carboxylic acids is 1. The highest BCUT2D eigenvalue weighted by Crippen LogP contribution is 2.24. The van der Waals surface area contributed by atoms with Gasteiger partial charge in [-0.25, -0.2) is 18.0 Å². The molecule has 1 aromatic rings. The van der Waals surface area contributed by atoms with E-state index in [0.29, 0.717) is 6.07 Å². The summed E-state index contributed by atoms with van der Waals surface area (Å²) >= 11 is 0. The second-order valence-electron chi connectivity index (χ2n) is 4.45. The van der Waals surface area contributed by atoms with Crippen molar-refractivity contribution in [1.82, 2.24) is 0 Å².